The Kier molecular flexibility index (Phi) is 6.22. The van der Waals surface area contributed by atoms with Crippen LogP contribution in [-0.4, -0.2) is 40.5 Å². The molecule has 2 aromatic carbocycles. The van der Waals surface area contributed by atoms with E-state index in [9.17, 15) is 9.90 Å². The van der Waals surface area contributed by atoms with E-state index in [-0.39, 0.29) is 18.9 Å². The van der Waals surface area contributed by atoms with E-state index in [0.717, 1.165) is 16.8 Å². The van der Waals surface area contributed by atoms with Crippen molar-refractivity contribution >= 4 is 17.2 Å². The largest absolute Gasteiger partial charge is 0.398 e. The van der Waals surface area contributed by atoms with Crippen molar-refractivity contribution in [3.63, 3.8) is 0 Å². The van der Waals surface area contributed by atoms with Crippen LogP contribution < -0.4 is 16.4 Å². The van der Waals surface area contributed by atoms with Crippen molar-refractivity contribution in [1.82, 2.24) is 9.97 Å². The minimum Gasteiger partial charge on any atom is -0.398 e. The van der Waals surface area contributed by atoms with Gasteiger partial charge in [0.15, 0.2) is 11.6 Å². The number of nitrogen functional groups attached to an aromatic ring is 1. The highest BCUT2D eigenvalue weighted by Crippen LogP contribution is 2.37. The maximum Gasteiger partial charge on any atom is 0.178 e. The second-order valence-electron chi connectivity index (χ2n) is 7.39. The quantitative estimate of drug-likeness (QED) is 0.409. The Morgan fingerprint density at radius 3 is 2.58 bits per heavy atom. The highest BCUT2D eigenvalue weighted by Gasteiger charge is 2.33. The topological polar surface area (TPSA) is 128 Å². The van der Waals surface area contributed by atoms with Gasteiger partial charge in [-0.05, 0) is 29.8 Å². The lowest BCUT2D eigenvalue weighted by atomic mass is 9.98. The zero-order valence-electron chi connectivity index (χ0n) is 17.0. The summed E-state index contributed by atoms with van der Waals surface area (Å²) >= 11 is 0. The van der Waals surface area contributed by atoms with E-state index in [2.05, 4.69) is 14.9 Å². The number of hydrogen-bond donors (Lipinski definition) is 3. The molecule has 1 aliphatic heterocycles. The van der Waals surface area contributed by atoms with Gasteiger partial charge in [0, 0.05) is 41.4 Å². The van der Waals surface area contributed by atoms with E-state index < -0.39 is 12.2 Å². The summed E-state index contributed by atoms with van der Waals surface area (Å²) in [6.45, 7) is 0.905. The number of hydrogen-bond acceptors (Lipinski definition) is 8. The monoisotopic (exact) mass is 419 g/mol. The second kappa shape index (κ2) is 9.22. The highest BCUT2D eigenvalue weighted by molar-refractivity contribution is 6.02. The Labute approximate surface area is 180 Å². The van der Waals surface area contributed by atoms with Crippen molar-refractivity contribution in [3.8, 4) is 0 Å². The van der Waals surface area contributed by atoms with Crippen LogP contribution in [-0.2, 0) is 11.3 Å². The average Bonchev–Trinajstić information content (AvgIpc) is 2.84. The molecular formula is C23H25N5O3. The highest BCUT2D eigenvalue weighted by atomic mass is 16.5. The summed E-state index contributed by atoms with van der Waals surface area (Å²) in [4.78, 5) is 23.1. The van der Waals surface area contributed by atoms with Gasteiger partial charge in [-0.25, -0.2) is 9.97 Å². The molecule has 1 saturated heterocycles. The molecule has 4 rings (SSSR count). The number of para-hydroxylation sites is 1. The third-order valence-electron chi connectivity index (χ3n) is 5.41. The number of ether oxygens (including phenoxy) is 1. The number of morpholine rings is 1. The van der Waals surface area contributed by atoms with E-state index >= 15 is 0 Å². The number of aliphatic hydroxyl groups excluding tert-OH is 1. The number of carbonyl (C=O) groups is 1. The minimum atomic E-state index is -0.411. The molecule has 3 aromatic rings. The van der Waals surface area contributed by atoms with Crippen molar-refractivity contribution in [1.29, 1.82) is 0 Å². The van der Waals surface area contributed by atoms with Crippen LogP contribution in [0.5, 0.6) is 0 Å². The first-order valence-corrected chi connectivity index (χ1v) is 10.1. The molecule has 8 heteroatoms. The van der Waals surface area contributed by atoms with Crippen molar-refractivity contribution < 1.29 is 14.6 Å². The number of Topliss-reactive ketones (excluding diaryl/α,β-unsaturated/α-hetero) is 1. The molecule has 1 fully saturated rings. The number of anilines is 2. The first-order valence-electron chi connectivity index (χ1n) is 10.1. The van der Waals surface area contributed by atoms with Crippen LogP contribution in [0.3, 0.4) is 0 Å². The predicted octanol–water partition coefficient (Wildman–Crippen LogP) is 2.01. The fourth-order valence-electron chi connectivity index (χ4n) is 3.83. The summed E-state index contributed by atoms with van der Waals surface area (Å²) in [6, 6.07) is 14.8. The molecule has 0 aliphatic carbocycles. The number of ketones is 1. The smallest absolute Gasteiger partial charge is 0.178 e. The van der Waals surface area contributed by atoms with Crippen molar-refractivity contribution in [2.45, 2.75) is 18.8 Å². The van der Waals surface area contributed by atoms with Crippen LogP contribution in [0.1, 0.15) is 39.5 Å². The molecule has 1 aromatic heterocycles. The lowest BCUT2D eigenvalue weighted by Gasteiger charge is -2.39. The van der Waals surface area contributed by atoms with Crippen LogP contribution >= 0.6 is 0 Å². The average molecular weight is 419 g/mol. The first-order chi connectivity index (χ1) is 15.1. The summed E-state index contributed by atoms with van der Waals surface area (Å²) < 4.78 is 6.38. The Hall–Kier alpha value is -3.33. The predicted molar refractivity (Wildman–Crippen MR) is 117 cm³/mol. The summed E-state index contributed by atoms with van der Waals surface area (Å²) in [5.41, 5.74) is 15.2. The number of carbonyl (C=O) groups excluding carboxylic acids is 1. The maximum atomic E-state index is 12.2. The van der Waals surface area contributed by atoms with Gasteiger partial charge in [-0.15, -0.1) is 0 Å². The fourth-order valence-corrected chi connectivity index (χ4v) is 3.83. The Bertz CT molecular complexity index is 1060. The summed E-state index contributed by atoms with van der Waals surface area (Å²) in [6.07, 6.45) is 2.55. The molecule has 0 radical (unpaired) electrons. The van der Waals surface area contributed by atoms with E-state index in [0.29, 0.717) is 30.2 Å². The molecule has 0 spiro atoms. The number of rotatable bonds is 6. The van der Waals surface area contributed by atoms with Crippen molar-refractivity contribution in [2.75, 3.05) is 30.3 Å². The number of nitrogens with two attached hydrogens (primary N) is 2. The first kappa shape index (κ1) is 20.9. The van der Waals surface area contributed by atoms with E-state index in [1.165, 1.54) is 0 Å². The summed E-state index contributed by atoms with van der Waals surface area (Å²) in [5, 5.41) is 9.54. The molecule has 2 heterocycles. The molecule has 2 atom stereocenters. The number of nitrogens with zero attached hydrogens (tertiary/aromatic N) is 3. The Morgan fingerprint density at radius 1 is 1.10 bits per heavy atom. The van der Waals surface area contributed by atoms with Crippen molar-refractivity contribution in [3.05, 3.63) is 83.4 Å². The van der Waals surface area contributed by atoms with Gasteiger partial charge in [0.1, 0.15) is 12.2 Å². The Morgan fingerprint density at radius 2 is 1.84 bits per heavy atom. The zero-order chi connectivity index (χ0) is 21.8. The van der Waals surface area contributed by atoms with Crippen LogP contribution in [0, 0.1) is 0 Å². The van der Waals surface area contributed by atoms with Crippen LogP contribution in [0.2, 0.25) is 0 Å². The molecule has 31 heavy (non-hydrogen) atoms. The molecule has 5 N–H and O–H groups in total. The summed E-state index contributed by atoms with van der Waals surface area (Å²) in [7, 11) is 0. The molecule has 8 nitrogen and oxygen atoms in total. The second-order valence-corrected chi connectivity index (χ2v) is 7.39. The maximum absolute atomic E-state index is 12.2. The number of benzene rings is 2. The van der Waals surface area contributed by atoms with Gasteiger partial charge in [0.05, 0.1) is 19.7 Å². The SMILES string of the molecule is NCC(=O)c1cccc(C2CN(c3cccc(CO)c3)CC(c3ncccn3)O2)c1N. The van der Waals surface area contributed by atoms with Crippen molar-refractivity contribution in [2.24, 2.45) is 5.73 Å². The van der Waals surface area contributed by atoms with Gasteiger partial charge in [0.2, 0.25) is 0 Å². The number of aromatic nitrogens is 2. The van der Waals surface area contributed by atoms with Gasteiger partial charge in [-0.2, -0.15) is 0 Å². The zero-order valence-corrected chi connectivity index (χ0v) is 17.0. The normalized spacial score (nSPS) is 18.7. The van der Waals surface area contributed by atoms with Crippen LogP contribution in [0.25, 0.3) is 0 Å². The van der Waals surface area contributed by atoms with E-state index in [1.54, 1.807) is 30.6 Å². The molecule has 160 valence electrons. The van der Waals surface area contributed by atoms with Crippen LogP contribution in [0.15, 0.2) is 60.9 Å². The Balaban J connectivity index is 1.72. The van der Waals surface area contributed by atoms with Gasteiger partial charge in [-0.1, -0.05) is 24.3 Å². The van der Waals surface area contributed by atoms with Gasteiger partial charge in [0.25, 0.3) is 0 Å². The van der Waals surface area contributed by atoms with Crippen LogP contribution in [0.4, 0.5) is 11.4 Å². The lowest BCUT2D eigenvalue weighted by Crippen LogP contribution is -2.41. The van der Waals surface area contributed by atoms with Gasteiger partial charge < -0.3 is 26.2 Å². The lowest BCUT2D eigenvalue weighted by molar-refractivity contribution is -0.0334. The summed E-state index contributed by atoms with van der Waals surface area (Å²) in [5.74, 6) is 0.355. The third kappa shape index (κ3) is 4.41. The molecule has 1 aliphatic rings. The number of aliphatic hydroxyl groups is 1. The minimum absolute atomic E-state index is 0.0387. The van der Waals surface area contributed by atoms with E-state index in [1.807, 2.05) is 30.3 Å². The molecule has 0 saturated carbocycles. The van der Waals surface area contributed by atoms with Gasteiger partial charge in [-0.3, -0.25) is 4.79 Å². The standard InChI is InChI=1S/C23H25N5O3/c24-11-19(30)17-6-2-7-18(22(17)25)20-12-28(16-5-1-4-15(10-16)14-29)13-21(31-20)23-26-8-3-9-27-23/h1-10,20-21,29H,11-14,24-25H2. The third-order valence-corrected chi connectivity index (χ3v) is 5.41. The molecule has 0 amide bonds. The molecule has 0 bridgehead atoms. The van der Waals surface area contributed by atoms with E-state index in [4.69, 9.17) is 16.2 Å². The van der Waals surface area contributed by atoms with Gasteiger partial charge >= 0.3 is 0 Å². The molecular weight excluding hydrogens is 394 g/mol. The fraction of sp³-hybridized carbons (Fsp3) is 0.261. The molecule has 2 unspecified atom stereocenters.